The molecule has 0 aliphatic heterocycles. The molecule has 0 bridgehead atoms. The minimum absolute atomic E-state index is 0.115. The average molecular weight is 329 g/mol. The van der Waals surface area contributed by atoms with E-state index in [1.54, 1.807) is 6.07 Å². The standard InChI is InChI=1S/C14H15ClF2N4O/c15-13-6-12(19-8-1-2-9(22)5-8)10(7-18-13)11-3-4-21(20-11)14(16)17/h3-4,6-9,14,22H,1-2,5H2,(H,18,19)/t8-,9+/m1/s1. The molecule has 5 nitrogen and oxygen atoms in total. The van der Waals surface area contributed by atoms with E-state index < -0.39 is 6.55 Å². The van der Waals surface area contributed by atoms with Gasteiger partial charge in [-0.2, -0.15) is 13.9 Å². The fourth-order valence-electron chi connectivity index (χ4n) is 2.65. The van der Waals surface area contributed by atoms with Crippen LogP contribution in [0.3, 0.4) is 0 Å². The number of nitrogens with one attached hydrogen (secondary N) is 1. The largest absolute Gasteiger partial charge is 0.393 e. The molecule has 0 radical (unpaired) electrons. The summed E-state index contributed by atoms with van der Waals surface area (Å²) in [4.78, 5) is 4.00. The minimum atomic E-state index is -2.68. The lowest BCUT2D eigenvalue weighted by Gasteiger charge is -2.16. The maximum Gasteiger partial charge on any atom is 0.333 e. The highest BCUT2D eigenvalue weighted by Gasteiger charge is 2.24. The molecule has 3 rings (SSSR count). The fraction of sp³-hybridized carbons (Fsp3) is 0.429. The van der Waals surface area contributed by atoms with Crippen LogP contribution < -0.4 is 5.32 Å². The highest BCUT2D eigenvalue weighted by Crippen LogP contribution is 2.31. The number of aliphatic hydroxyl groups is 1. The number of anilines is 1. The van der Waals surface area contributed by atoms with Crippen molar-refractivity contribution in [3.63, 3.8) is 0 Å². The molecule has 0 spiro atoms. The Hall–Kier alpha value is -1.73. The first-order valence-corrected chi connectivity index (χ1v) is 7.34. The van der Waals surface area contributed by atoms with Gasteiger partial charge < -0.3 is 10.4 Å². The highest BCUT2D eigenvalue weighted by molar-refractivity contribution is 6.29. The Kier molecular flexibility index (Phi) is 4.26. The Labute approximate surface area is 130 Å². The number of aliphatic hydroxyl groups excluding tert-OH is 1. The molecule has 2 heterocycles. The zero-order valence-corrected chi connectivity index (χ0v) is 12.3. The first-order chi connectivity index (χ1) is 10.5. The van der Waals surface area contributed by atoms with E-state index in [4.69, 9.17) is 11.6 Å². The Balaban J connectivity index is 1.89. The summed E-state index contributed by atoms with van der Waals surface area (Å²) in [6.07, 6.45) is 4.64. The van der Waals surface area contributed by atoms with Crippen molar-refractivity contribution in [1.82, 2.24) is 14.8 Å². The van der Waals surface area contributed by atoms with Crippen LogP contribution in [0.4, 0.5) is 14.5 Å². The zero-order chi connectivity index (χ0) is 15.7. The van der Waals surface area contributed by atoms with E-state index in [-0.39, 0.29) is 12.1 Å². The summed E-state index contributed by atoms with van der Waals surface area (Å²) in [6, 6.07) is 3.26. The summed E-state index contributed by atoms with van der Waals surface area (Å²) in [5.41, 5.74) is 1.68. The third-order valence-corrected chi connectivity index (χ3v) is 3.93. The van der Waals surface area contributed by atoms with E-state index in [2.05, 4.69) is 15.4 Å². The van der Waals surface area contributed by atoms with Crippen molar-refractivity contribution in [2.75, 3.05) is 5.32 Å². The van der Waals surface area contributed by atoms with Gasteiger partial charge in [-0.05, 0) is 31.4 Å². The van der Waals surface area contributed by atoms with Crippen molar-refractivity contribution in [2.45, 2.75) is 38.0 Å². The van der Waals surface area contributed by atoms with Gasteiger partial charge >= 0.3 is 6.55 Å². The van der Waals surface area contributed by atoms with Crippen molar-refractivity contribution >= 4 is 17.3 Å². The second-order valence-electron chi connectivity index (χ2n) is 5.32. The molecule has 118 valence electrons. The molecule has 22 heavy (non-hydrogen) atoms. The lowest BCUT2D eigenvalue weighted by Crippen LogP contribution is -2.17. The van der Waals surface area contributed by atoms with Crippen LogP contribution in [-0.4, -0.2) is 32.0 Å². The van der Waals surface area contributed by atoms with E-state index in [1.165, 1.54) is 18.5 Å². The van der Waals surface area contributed by atoms with Crippen molar-refractivity contribution in [3.8, 4) is 11.3 Å². The van der Waals surface area contributed by atoms with Gasteiger partial charge in [0.1, 0.15) is 5.15 Å². The first-order valence-electron chi connectivity index (χ1n) is 6.97. The lowest BCUT2D eigenvalue weighted by atomic mass is 10.1. The second-order valence-corrected chi connectivity index (χ2v) is 5.71. The van der Waals surface area contributed by atoms with E-state index in [0.29, 0.717) is 33.2 Å². The summed E-state index contributed by atoms with van der Waals surface area (Å²) in [5.74, 6) is 0. The maximum absolute atomic E-state index is 12.7. The SMILES string of the molecule is O[C@H]1CC[C@@H](Nc2cc(Cl)ncc2-c2ccn(C(F)F)n2)C1. The van der Waals surface area contributed by atoms with Crippen molar-refractivity contribution in [2.24, 2.45) is 0 Å². The number of alkyl halides is 2. The molecule has 0 amide bonds. The van der Waals surface area contributed by atoms with Crippen LogP contribution in [0.2, 0.25) is 5.15 Å². The molecule has 0 saturated heterocycles. The van der Waals surface area contributed by atoms with Crippen LogP contribution in [0.25, 0.3) is 11.3 Å². The molecule has 8 heteroatoms. The molecule has 1 fully saturated rings. The van der Waals surface area contributed by atoms with Gasteiger partial charge in [0.2, 0.25) is 0 Å². The topological polar surface area (TPSA) is 63.0 Å². The molecule has 2 aromatic rings. The number of hydrogen-bond donors (Lipinski definition) is 2. The molecule has 0 aromatic carbocycles. The van der Waals surface area contributed by atoms with Crippen LogP contribution in [-0.2, 0) is 0 Å². The van der Waals surface area contributed by atoms with Crippen LogP contribution in [0.5, 0.6) is 0 Å². The predicted molar refractivity (Wildman–Crippen MR) is 79.0 cm³/mol. The van der Waals surface area contributed by atoms with Crippen LogP contribution in [0.15, 0.2) is 24.5 Å². The molecule has 2 N–H and O–H groups in total. The number of aromatic nitrogens is 3. The Morgan fingerprint density at radius 3 is 2.86 bits per heavy atom. The van der Waals surface area contributed by atoms with Gasteiger partial charge in [-0.3, -0.25) is 0 Å². The normalized spacial score (nSPS) is 21.5. The number of rotatable bonds is 4. The number of hydrogen-bond acceptors (Lipinski definition) is 4. The molecule has 1 aliphatic rings. The van der Waals surface area contributed by atoms with Crippen molar-refractivity contribution < 1.29 is 13.9 Å². The lowest BCUT2D eigenvalue weighted by molar-refractivity contribution is 0.0568. The smallest absolute Gasteiger partial charge is 0.333 e. The van der Waals surface area contributed by atoms with Gasteiger partial charge in [-0.15, -0.1) is 0 Å². The first kappa shape index (κ1) is 15.2. The summed E-state index contributed by atoms with van der Waals surface area (Å²) in [6.45, 7) is -2.68. The average Bonchev–Trinajstić information content (AvgIpc) is 3.08. The minimum Gasteiger partial charge on any atom is -0.393 e. The molecule has 1 saturated carbocycles. The summed E-state index contributed by atoms with van der Waals surface area (Å²) in [7, 11) is 0. The van der Waals surface area contributed by atoms with Gasteiger partial charge in [0.25, 0.3) is 0 Å². The Morgan fingerprint density at radius 1 is 1.41 bits per heavy atom. The highest BCUT2D eigenvalue weighted by atomic mass is 35.5. The molecule has 0 unspecified atom stereocenters. The van der Waals surface area contributed by atoms with Crippen LogP contribution >= 0.6 is 11.6 Å². The summed E-state index contributed by atoms with van der Waals surface area (Å²) >= 11 is 5.93. The van der Waals surface area contributed by atoms with Gasteiger partial charge in [0.15, 0.2) is 0 Å². The van der Waals surface area contributed by atoms with Crippen molar-refractivity contribution in [1.29, 1.82) is 0 Å². The van der Waals surface area contributed by atoms with Crippen LogP contribution in [0, 0.1) is 0 Å². The van der Waals surface area contributed by atoms with E-state index in [9.17, 15) is 13.9 Å². The van der Waals surface area contributed by atoms with E-state index in [0.717, 1.165) is 12.8 Å². The molecular weight excluding hydrogens is 314 g/mol. The molecular formula is C14H15ClF2N4O. The third kappa shape index (κ3) is 3.20. The molecule has 2 aromatic heterocycles. The molecule has 2 atom stereocenters. The Morgan fingerprint density at radius 2 is 2.23 bits per heavy atom. The van der Waals surface area contributed by atoms with E-state index >= 15 is 0 Å². The van der Waals surface area contributed by atoms with E-state index in [1.807, 2.05) is 0 Å². The van der Waals surface area contributed by atoms with Gasteiger partial charge in [0.05, 0.1) is 11.8 Å². The second kappa shape index (κ2) is 6.18. The quantitative estimate of drug-likeness (QED) is 0.845. The predicted octanol–water partition coefficient (Wildman–Crippen LogP) is 3.32. The monoisotopic (exact) mass is 328 g/mol. The molecule has 1 aliphatic carbocycles. The van der Waals surface area contributed by atoms with Gasteiger partial charge in [-0.25, -0.2) is 9.67 Å². The summed E-state index contributed by atoms with van der Waals surface area (Å²) < 4.78 is 25.9. The number of halogens is 3. The number of pyridine rings is 1. The van der Waals surface area contributed by atoms with Crippen LogP contribution in [0.1, 0.15) is 25.8 Å². The zero-order valence-electron chi connectivity index (χ0n) is 11.6. The van der Waals surface area contributed by atoms with Gasteiger partial charge in [0, 0.05) is 29.7 Å². The van der Waals surface area contributed by atoms with Crippen molar-refractivity contribution in [3.05, 3.63) is 29.7 Å². The summed E-state index contributed by atoms with van der Waals surface area (Å²) in [5, 5.41) is 17.1. The maximum atomic E-state index is 12.7. The van der Waals surface area contributed by atoms with Gasteiger partial charge in [-0.1, -0.05) is 11.6 Å². The Bertz CT molecular complexity index is 664. The fourth-order valence-corrected chi connectivity index (χ4v) is 2.81. The number of nitrogens with zero attached hydrogens (tertiary/aromatic N) is 3. The third-order valence-electron chi connectivity index (χ3n) is 3.72.